The van der Waals surface area contributed by atoms with Crippen molar-refractivity contribution in [2.45, 2.75) is 0 Å². The first-order valence-electron chi connectivity index (χ1n) is 3.12. The van der Waals surface area contributed by atoms with Crippen molar-refractivity contribution in [2.24, 2.45) is 0 Å². The summed E-state index contributed by atoms with van der Waals surface area (Å²) in [5.41, 5.74) is 0.0689. The molecular formula is C8H4ClO3-. The standard InChI is InChI=1S/C8H5ClO3/c9-6-3-1-5(2-4-6)7(10)8(11)12/h1-4H,(H,11,12)/p-1. The third kappa shape index (κ3) is 1.83. The first-order chi connectivity index (χ1) is 5.61. The van der Waals surface area contributed by atoms with Crippen LogP contribution in [0.4, 0.5) is 0 Å². The lowest BCUT2D eigenvalue weighted by Gasteiger charge is -2.00. The van der Waals surface area contributed by atoms with E-state index in [1.165, 1.54) is 24.3 Å². The van der Waals surface area contributed by atoms with Gasteiger partial charge in [0.2, 0.25) is 5.78 Å². The van der Waals surface area contributed by atoms with Crippen LogP contribution in [0.1, 0.15) is 10.4 Å². The molecule has 0 fully saturated rings. The predicted molar refractivity (Wildman–Crippen MR) is 40.8 cm³/mol. The van der Waals surface area contributed by atoms with Crippen molar-refractivity contribution in [3.8, 4) is 0 Å². The monoisotopic (exact) mass is 183 g/mol. The third-order valence-corrected chi connectivity index (χ3v) is 1.54. The van der Waals surface area contributed by atoms with E-state index in [1.54, 1.807) is 0 Å². The van der Waals surface area contributed by atoms with Crippen LogP contribution in [-0.2, 0) is 4.79 Å². The molecule has 0 heterocycles. The summed E-state index contributed by atoms with van der Waals surface area (Å²) in [5.74, 6) is -2.75. The van der Waals surface area contributed by atoms with E-state index in [-0.39, 0.29) is 5.56 Å². The van der Waals surface area contributed by atoms with Gasteiger partial charge >= 0.3 is 0 Å². The molecule has 0 atom stereocenters. The Bertz CT molecular complexity index is 316. The summed E-state index contributed by atoms with van der Waals surface area (Å²) in [5, 5.41) is 10.5. The fourth-order valence-corrected chi connectivity index (χ4v) is 0.845. The van der Waals surface area contributed by atoms with Crippen LogP contribution in [0.25, 0.3) is 0 Å². The van der Waals surface area contributed by atoms with Crippen LogP contribution in [0.5, 0.6) is 0 Å². The minimum Gasteiger partial charge on any atom is -0.541 e. The van der Waals surface area contributed by atoms with Gasteiger partial charge in [0.05, 0.1) is 0 Å². The minimum absolute atomic E-state index is 0.0689. The summed E-state index contributed by atoms with van der Waals surface area (Å²) in [6.07, 6.45) is 0. The van der Waals surface area contributed by atoms with Crippen LogP contribution in [0.3, 0.4) is 0 Å². The normalized spacial score (nSPS) is 9.42. The Morgan fingerprint density at radius 3 is 2.08 bits per heavy atom. The topological polar surface area (TPSA) is 57.2 Å². The molecule has 62 valence electrons. The molecule has 0 bridgehead atoms. The fourth-order valence-electron chi connectivity index (χ4n) is 0.719. The van der Waals surface area contributed by atoms with Gasteiger partial charge in [-0.1, -0.05) is 11.6 Å². The van der Waals surface area contributed by atoms with E-state index in [1.807, 2.05) is 0 Å². The molecule has 0 N–H and O–H groups in total. The molecule has 0 unspecified atom stereocenters. The number of carboxylic acids is 1. The molecule has 1 aromatic rings. The fraction of sp³-hybridized carbons (Fsp3) is 0. The van der Waals surface area contributed by atoms with E-state index in [9.17, 15) is 14.7 Å². The van der Waals surface area contributed by atoms with E-state index >= 15 is 0 Å². The van der Waals surface area contributed by atoms with Gasteiger partial charge < -0.3 is 9.90 Å². The predicted octanol–water partition coefficient (Wildman–Crippen LogP) is 0.273. The number of ketones is 1. The quantitative estimate of drug-likeness (QED) is 0.489. The van der Waals surface area contributed by atoms with Crippen molar-refractivity contribution >= 4 is 23.4 Å². The maximum Gasteiger partial charge on any atom is 0.208 e. The SMILES string of the molecule is O=C([O-])C(=O)c1ccc(Cl)cc1. The van der Waals surface area contributed by atoms with Gasteiger partial charge in [-0.15, -0.1) is 0 Å². The summed E-state index contributed by atoms with van der Waals surface area (Å²) < 4.78 is 0. The Hall–Kier alpha value is -1.35. The van der Waals surface area contributed by atoms with Gasteiger partial charge in [-0.3, -0.25) is 4.79 Å². The van der Waals surface area contributed by atoms with Crippen molar-refractivity contribution in [3.05, 3.63) is 34.9 Å². The average molecular weight is 184 g/mol. The molecule has 0 saturated heterocycles. The molecule has 0 aromatic heterocycles. The highest BCUT2D eigenvalue weighted by atomic mass is 35.5. The molecule has 4 heteroatoms. The van der Waals surface area contributed by atoms with Crippen LogP contribution in [0, 0.1) is 0 Å². The first kappa shape index (κ1) is 8.74. The number of rotatable bonds is 2. The average Bonchev–Trinajstić information content (AvgIpc) is 2.04. The van der Waals surface area contributed by atoms with Crippen LogP contribution < -0.4 is 5.11 Å². The zero-order chi connectivity index (χ0) is 9.14. The molecule has 12 heavy (non-hydrogen) atoms. The first-order valence-corrected chi connectivity index (χ1v) is 3.50. The highest BCUT2D eigenvalue weighted by molar-refractivity contribution is 6.39. The van der Waals surface area contributed by atoms with Gasteiger partial charge in [0.1, 0.15) is 5.97 Å². The zero-order valence-electron chi connectivity index (χ0n) is 5.91. The van der Waals surface area contributed by atoms with Crippen molar-refractivity contribution in [1.29, 1.82) is 0 Å². The molecule has 0 aliphatic carbocycles. The Kier molecular flexibility index (Phi) is 2.45. The Labute approximate surface area is 73.6 Å². The van der Waals surface area contributed by atoms with E-state index in [4.69, 9.17) is 11.6 Å². The molecule has 0 aliphatic heterocycles. The molecule has 0 saturated carbocycles. The highest BCUT2D eigenvalue weighted by Crippen LogP contribution is 2.09. The number of benzene rings is 1. The number of halogens is 1. The molecule has 0 spiro atoms. The number of hydrogen-bond donors (Lipinski definition) is 0. The Balaban J connectivity index is 2.98. The third-order valence-electron chi connectivity index (χ3n) is 1.29. The maximum atomic E-state index is 10.8. The lowest BCUT2D eigenvalue weighted by atomic mass is 10.1. The number of aliphatic carboxylic acids is 1. The number of Topliss-reactive ketones (excluding diaryl/α,β-unsaturated/α-hetero) is 1. The number of hydrogen-bond acceptors (Lipinski definition) is 3. The maximum absolute atomic E-state index is 10.8. The summed E-state index contributed by atoms with van der Waals surface area (Å²) in [6, 6.07) is 5.55. The number of carbonyl (C=O) groups excluding carboxylic acids is 2. The van der Waals surface area contributed by atoms with Gasteiger partial charge in [0.15, 0.2) is 0 Å². The van der Waals surface area contributed by atoms with Crippen LogP contribution in [0.15, 0.2) is 24.3 Å². The smallest absolute Gasteiger partial charge is 0.208 e. The van der Waals surface area contributed by atoms with Gasteiger partial charge in [0, 0.05) is 10.6 Å². The second-order valence-electron chi connectivity index (χ2n) is 2.12. The summed E-state index contributed by atoms with van der Waals surface area (Å²) in [4.78, 5) is 20.8. The molecular weight excluding hydrogens is 180 g/mol. The molecule has 1 aromatic carbocycles. The van der Waals surface area contributed by atoms with Crippen LogP contribution >= 0.6 is 11.6 Å². The molecule has 0 aliphatic rings. The zero-order valence-corrected chi connectivity index (χ0v) is 6.67. The van der Waals surface area contributed by atoms with E-state index in [0.717, 1.165) is 0 Å². The van der Waals surface area contributed by atoms with Crippen molar-refractivity contribution in [3.63, 3.8) is 0 Å². The molecule has 0 radical (unpaired) electrons. The highest BCUT2D eigenvalue weighted by Gasteiger charge is 2.04. The lowest BCUT2D eigenvalue weighted by Crippen LogP contribution is -2.31. The van der Waals surface area contributed by atoms with Gasteiger partial charge in [-0.2, -0.15) is 0 Å². The van der Waals surface area contributed by atoms with Crippen LogP contribution in [-0.4, -0.2) is 11.8 Å². The number of carbonyl (C=O) groups is 2. The second kappa shape index (κ2) is 3.36. The Morgan fingerprint density at radius 1 is 1.17 bits per heavy atom. The molecule has 0 amide bonds. The van der Waals surface area contributed by atoms with Gasteiger partial charge in [0.25, 0.3) is 0 Å². The number of carboxylic acid groups (broad SMARTS) is 1. The summed E-state index contributed by atoms with van der Waals surface area (Å²) in [7, 11) is 0. The summed E-state index contributed by atoms with van der Waals surface area (Å²) in [6.45, 7) is 0. The second-order valence-corrected chi connectivity index (χ2v) is 2.56. The largest absolute Gasteiger partial charge is 0.541 e. The molecule has 3 nitrogen and oxygen atoms in total. The van der Waals surface area contributed by atoms with Crippen LogP contribution in [0.2, 0.25) is 5.02 Å². The summed E-state index contributed by atoms with van der Waals surface area (Å²) >= 11 is 5.52. The van der Waals surface area contributed by atoms with Crippen molar-refractivity contribution in [1.82, 2.24) is 0 Å². The van der Waals surface area contributed by atoms with Crippen molar-refractivity contribution < 1.29 is 14.7 Å². The van der Waals surface area contributed by atoms with Gasteiger partial charge in [-0.25, -0.2) is 0 Å². The van der Waals surface area contributed by atoms with E-state index in [2.05, 4.69) is 0 Å². The lowest BCUT2D eigenvalue weighted by molar-refractivity contribution is -0.296. The van der Waals surface area contributed by atoms with E-state index < -0.39 is 11.8 Å². The van der Waals surface area contributed by atoms with Gasteiger partial charge in [-0.05, 0) is 24.3 Å². The molecule has 1 rings (SSSR count). The minimum atomic E-state index is -1.71. The Morgan fingerprint density at radius 2 is 1.67 bits per heavy atom. The van der Waals surface area contributed by atoms with E-state index in [0.29, 0.717) is 5.02 Å². The van der Waals surface area contributed by atoms with Crippen molar-refractivity contribution in [2.75, 3.05) is 0 Å².